The van der Waals surface area contributed by atoms with Gasteiger partial charge in [-0.15, -0.1) is 10.2 Å². The highest BCUT2D eigenvalue weighted by Crippen LogP contribution is 2.30. The Morgan fingerprint density at radius 1 is 1.03 bits per heavy atom. The summed E-state index contributed by atoms with van der Waals surface area (Å²) in [7, 11) is -2.50. The quantitative estimate of drug-likeness (QED) is 0.401. The SMILES string of the molecule is C[C@H]1C[C@@H](S(=O)(=O)Nc2nnc(-c3ccn(C)n3)n2-c2c(F)cccc2F)CN(c2ncc(F)cn2)C1. The van der Waals surface area contributed by atoms with Crippen molar-refractivity contribution < 1.29 is 21.6 Å². The van der Waals surface area contributed by atoms with Crippen molar-refractivity contribution >= 4 is 21.9 Å². The number of hydrogen-bond donors (Lipinski definition) is 1. The summed E-state index contributed by atoms with van der Waals surface area (Å²) in [6.45, 7) is 2.35. The third-order valence-electron chi connectivity index (χ3n) is 5.95. The molecule has 0 radical (unpaired) electrons. The van der Waals surface area contributed by atoms with Gasteiger partial charge in [-0.1, -0.05) is 13.0 Å². The van der Waals surface area contributed by atoms with E-state index in [0.717, 1.165) is 29.1 Å². The van der Waals surface area contributed by atoms with Crippen LogP contribution in [0.3, 0.4) is 0 Å². The number of piperidine rings is 1. The van der Waals surface area contributed by atoms with E-state index in [1.807, 2.05) is 6.92 Å². The first kappa shape index (κ1) is 24.7. The molecule has 37 heavy (non-hydrogen) atoms. The first-order valence-electron chi connectivity index (χ1n) is 11.3. The largest absolute Gasteiger partial charge is 0.339 e. The molecule has 1 aromatic carbocycles. The number of rotatable bonds is 6. The summed E-state index contributed by atoms with van der Waals surface area (Å²) in [5.41, 5.74) is -0.321. The molecule has 0 amide bonds. The Balaban J connectivity index is 1.52. The molecular weight excluding hydrogens is 511 g/mol. The van der Waals surface area contributed by atoms with Crippen LogP contribution in [0.5, 0.6) is 0 Å². The lowest BCUT2D eigenvalue weighted by Crippen LogP contribution is -2.48. The monoisotopic (exact) mass is 533 g/mol. The first-order chi connectivity index (χ1) is 17.6. The van der Waals surface area contributed by atoms with Crippen LogP contribution >= 0.6 is 0 Å². The molecule has 4 aromatic rings. The van der Waals surface area contributed by atoms with E-state index < -0.39 is 44.4 Å². The lowest BCUT2D eigenvalue weighted by molar-refractivity contribution is 0.434. The molecule has 0 bridgehead atoms. The van der Waals surface area contributed by atoms with Gasteiger partial charge in [-0.3, -0.25) is 14.0 Å². The second-order valence-electron chi connectivity index (χ2n) is 8.84. The lowest BCUT2D eigenvalue weighted by Gasteiger charge is -2.35. The van der Waals surface area contributed by atoms with Crippen LogP contribution in [0.2, 0.25) is 0 Å². The van der Waals surface area contributed by atoms with Gasteiger partial charge in [-0.25, -0.2) is 31.6 Å². The van der Waals surface area contributed by atoms with Gasteiger partial charge in [0, 0.05) is 26.3 Å². The molecule has 0 aliphatic carbocycles. The zero-order chi connectivity index (χ0) is 26.3. The molecule has 4 heterocycles. The summed E-state index contributed by atoms with van der Waals surface area (Å²) in [5.74, 6) is -2.82. The van der Waals surface area contributed by atoms with E-state index in [9.17, 15) is 21.6 Å². The van der Waals surface area contributed by atoms with Gasteiger partial charge in [0.25, 0.3) is 0 Å². The molecule has 5 rings (SSSR count). The van der Waals surface area contributed by atoms with Crippen molar-refractivity contribution in [2.75, 3.05) is 22.7 Å². The zero-order valence-corrected chi connectivity index (χ0v) is 20.6. The molecule has 15 heteroatoms. The van der Waals surface area contributed by atoms with Gasteiger partial charge in [-0.2, -0.15) is 5.10 Å². The fraction of sp³-hybridized carbons (Fsp3) is 0.318. The van der Waals surface area contributed by atoms with E-state index in [2.05, 4.69) is 30.0 Å². The summed E-state index contributed by atoms with van der Waals surface area (Å²) in [4.78, 5) is 9.56. The van der Waals surface area contributed by atoms with Crippen LogP contribution < -0.4 is 9.62 Å². The van der Waals surface area contributed by atoms with E-state index in [-0.39, 0.29) is 29.9 Å². The molecule has 194 valence electrons. The Morgan fingerprint density at radius 2 is 1.73 bits per heavy atom. The summed E-state index contributed by atoms with van der Waals surface area (Å²) in [5, 5.41) is 11.1. The summed E-state index contributed by atoms with van der Waals surface area (Å²) in [6.07, 6.45) is 3.91. The maximum absolute atomic E-state index is 14.8. The van der Waals surface area contributed by atoms with Crippen LogP contribution in [0.25, 0.3) is 17.2 Å². The van der Waals surface area contributed by atoms with Crippen LogP contribution in [0.15, 0.2) is 42.9 Å². The molecule has 1 aliphatic heterocycles. The number of aromatic nitrogens is 7. The molecule has 1 N–H and O–H groups in total. The van der Waals surface area contributed by atoms with Crippen molar-refractivity contribution in [2.24, 2.45) is 13.0 Å². The molecule has 11 nitrogen and oxygen atoms in total. The second-order valence-corrected chi connectivity index (χ2v) is 10.8. The Bertz CT molecular complexity index is 1520. The van der Waals surface area contributed by atoms with Gasteiger partial charge in [0.15, 0.2) is 11.6 Å². The van der Waals surface area contributed by atoms with E-state index in [1.54, 1.807) is 24.2 Å². The number of anilines is 2. The second kappa shape index (κ2) is 9.46. The van der Waals surface area contributed by atoms with Crippen LogP contribution in [0, 0.1) is 23.4 Å². The van der Waals surface area contributed by atoms with Crippen molar-refractivity contribution in [3.63, 3.8) is 0 Å². The minimum Gasteiger partial charge on any atom is -0.339 e. The number of sulfonamides is 1. The predicted octanol–water partition coefficient (Wildman–Crippen LogP) is 2.53. The van der Waals surface area contributed by atoms with Crippen LogP contribution in [0.1, 0.15) is 13.3 Å². The Kier molecular flexibility index (Phi) is 6.31. The Morgan fingerprint density at radius 3 is 2.38 bits per heavy atom. The number of nitrogens with one attached hydrogen (secondary N) is 1. The molecule has 1 fully saturated rings. The highest BCUT2D eigenvalue weighted by atomic mass is 32.2. The first-order valence-corrected chi connectivity index (χ1v) is 12.8. The van der Waals surface area contributed by atoms with Gasteiger partial charge >= 0.3 is 0 Å². The summed E-state index contributed by atoms with van der Waals surface area (Å²) >= 11 is 0. The molecule has 3 aromatic heterocycles. The van der Waals surface area contributed by atoms with E-state index >= 15 is 0 Å². The topological polar surface area (TPSA) is 124 Å². The highest BCUT2D eigenvalue weighted by molar-refractivity contribution is 7.93. The van der Waals surface area contributed by atoms with Crippen LogP contribution in [-0.4, -0.2) is 61.3 Å². The smallest absolute Gasteiger partial charge is 0.243 e. The Labute approximate surface area is 210 Å². The van der Waals surface area contributed by atoms with Crippen LogP contribution in [0.4, 0.5) is 25.1 Å². The van der Waals surface area contributed by atoms with Gasteiger partial charge in [-0.05, 0) is 30.5 Å². The zero-order valence-electron chi connectivity index (χ0n) is 19.8. The van der Waals surface area contributed by atoms with Crippen molar-refractivity contribution in [2.45, 2.75) is 18.6 Å². The molecule has 1 saturated heterocycles. The van der Waals surface area contributed by atoms with Crippen molar-refractivity contribution in [3.8, 4) is 17.2 Å². The number of para-hydroxylation sites is 1. The summed E-state index contributed by atoms with van der Waals surface area (Å²) < 4.78 is 74.8. The molecule has 0 saturated carbocycles. The van der Waals surface area contributed by atoms with Crippen molar-refractivity contribution in [3.05, 3.63) is 60.3 Å². The average Bonchev–Trinajstić information content (AvgIpc) is 3.45. The maximum atomic E-state index is 14.8. The van der Waals surface area contributed by atoms with E-state index in [1.165, 1.54) is 10.7 Å². The number of halogens is 3. The number of hydrogen-bond acceptors (Lipinski definition) is 8. The number of aryl methyl sites for hydroxylation is 1. The Hall–Kier alpha value is -4.01. The van der Waals surface area contributed by atoms with Crippen molar-refractivity contribution in [1.82, 2.24) is 34.5 Å². The lowest BCUT2D eigenvalue weighted by atomic mass is 10.0. The maximum Gasteiger partial charge on any atom is 0.243 e. The summed E-state index contributed by atoms with van der Waals surface area (Å²) in [6, 6.07) is 4.84. The fourth-order valence-corrected chi connectivity index (χ4v) is 5.84. The molecule has 0 spiro atoms. The van der Waals surface area contributed by atoms with E-state index in [4.69, 9.17) is 0 Å². The minimum absolute atomic E-state index is 0.0145. The highest BCUT2D eigenvalue weighted by Gasteiger charge is 2.36. The van der Waals surface area contributed by atoms with Crippen LogP contribution in [-0.2, 0) is 17.1 Å². The third kappa shape index (κ3) is 4.85. The third-order valence-corrected chi connectivity index (χ3v) is 7.64. The molecule has 0 unspecified atom stereocenters. The van der Waals surface area contributed by atoms with Gasteiger partial charge in [0.2, 0.25) is 21.9 Å². The number of nitrogens with zero attached hydrogens (tertiary/aromatic N) is 8. The number of benzene rings is 1. The minimum atomic E-state index is -4.15. The van der Waals surface area contributed by atoms with Gasteiger partial charge in [0.1, 0.15) is 23.0 Å². The molecular formula is C22H22F3N9O2S. The predicted molar refractivity (Wildman–Crippen MR) is 128 cm³/mol. The van der Waals surface area contributed by atoms with Gasteiger partial charge < -0.3 is 4.90 Å². The van der Waals surface area contributed by atoms with E-state index in [0.29, 0.717) is 13.0 Å². The average molecular weight is 534 g/mol. The standard InChI is InChI=1S/C22H22F3N9O2S/c1-13-8-15(12-33(11-13)21-26-9-14(23)10-27-21)37(35,36)31-22-29-28-20(18-6-7-32(2)30-18)34(22)19-16(24)4-3-5-17(19)25/h3-7,9-10,13,15H,8,11-12H2,1-2H3,(H,29,31)/t13-,15+/m0/s1. The normalized spacial score (nSPS) is 18.2. The van der Waals surface area contributed by atoms with Crippen molar-refractivity contribution in [1.29, 1.82) is 0 Å². The molecule has 2 atom stereocenters. The molecule has 1 aliphatic rings. The van der Waals surface area contributed by atoms with Gasteiger partial charge in [0.05, 0.1) is 17.6 Å². The fourth-order valence-electron chi connectivity index (χ4n) is 4.33.